The molecule has 0 radical (unpaired) electrons. The van der Waals surface area contributed by atoms with E-state index in [0.717, 1.165) is 43.5 Å². The lowest BCUT2D eigenvalue weighted by Gasteiger charge is -2.32. The molecule has 1 unspecified atom stereocenters. The predicted molar refractivity (Wildman–Crippen MR) is 81.1 cm³/mol. The van der Waals surface area contributed by atoms with Crippen LogP contribution >= 0.6 is 12.4 Å². The molecule has 1 fully saturated rings. The summed E-state index contributed by atoms with van der Waals surface area (Å²) in [4.78, 5) is 14.4. The first-order chi connectivity index (χ1) is 8.74. The molecule has 106 valence electrons. The van der Waals surface area contributed by atoms with E-state index in [1.54, 1.807) is 0 Å². The van der Waals surface area contributed by atoms with Gasteiger partial charge in [-0.1, -0.05) is 25.1 Å². The molecule has 1 saturated heterocycles. The number of hydrogen-bond acceptors (Lipinski definition) is 2. The Balaban J connectivity index is 0.00000180. The Morgan fingerprint density at radius 2 is 2.16 bits per heavy atom. The molecular formula is C15H23ClN2O. The van der Waals surface area contributed by atoms with Crippen LogP contribution < -0.4 is 5.32 Å². The van der Waals surface area contributed by atoms with Crippen LogP contribution in [0.25, 0.3) is 0 Å². The second kappa shape index (κ2) is 7.51. The van der Waals surface area contributed by atoms with E-state index in [-0.39, 0.29) is 18.3 Å². The Bertz CT molecular complexity index is 416. The molecule has 1 aromatic rings. The summed E-state index contributed by atoms with van der Waals surface area (Å²) in [6.45, 7) is 4.08. The third kappa shape index (κ3) is 3.71. The first-order valence-corrected chi connectivity index (χ1v) is 6.79. The SMILES string of the molecule is CCc1ccccc1C(=O)N(C)C1CCCNC1.Cl. The smallest absolute Gasteiger partial charge is 0.254 e. The van der Waals surface area contributed by atoms with Crippen molar-refractivity contribution in [2.24, 2.45) is 0 Å². The summed E-state index contributed by atoms with van der Waals surface area (Å²) in [7, 11) is 1.92. The number of hydrogen-bond donors (Lipinski definition) is 1. The minimum absolute atomic E-state index is 0. The zero-order valence-corrected chi connectivity index (χ0v) is 12.5. The second-order valence-electron chi connectivity index (χ2n) is 4.93. The van der Waals surface area contributed by atoms with Gasteiger partial charge in [0.25, 0.3) is 5.91 Å². The fraction of sp³-hybridized carbons (Fsp3) is 0.533. The molecule has 1 aromatic carbocycles. The van der Waals surface area contributed by atoms with Crippen molar-refractivity contribution in [2.45, 2.75) is 32.2 Å². The molecule has 3 nitrogen and oxygen atoms in total. The fourth-order valence-corrected chi connectivity index (χ4v) is 2.56. The van der Waals surface area contributed by atoms with Crippen molar-refractivity contribution in [3.63, 3.8) is 0 Å². The molecule has 4 heteroatoms. The first-order valence-electron chi connectivity index (χ1n) is 6.79. The number of halogens is 1. The fourth-order valence-electron chi connectivity index (χ4n) is 2.56. The number of benzene rings is 1. The zero-order chi connectivity index (χ0) is 13.0. The number of carbonyl (C=O) groups is 1. The number of nitrogens with one attached hydrogen (secondary N) is 1. The molecule has 0 aliphatic carbocycles. The molecular weight excluding hydrogens is 260 g/mol. The minimum Gasteiger partial charge on any atom is -0.337 e. The van der Waals surface area contributed by atoms with Crippen LogP contribution in [0.5, 0.6) is 0 Å². The molecule has 0 spiro atoms. The van der Waals surface area contributed by atoms with Gasteiger partial charge in [0.05, 0.1) is 0 Å². The quantitative estimate of drug-likeness (QED) is 0.924. The molecule has 1 N–H and O–H groups in total. The number of amides is 1. The van der Waals surface area contributed by atoms with E-state index in [2.05, 4.69) is 12.2 Å². The van der Waals surface area contributed by atoms with Gasteiger partial charge in [-0.2, -0.15) is 0 Å². The van der Waals surface area contributed by atoms with Gasteiger partial charge in [-0.15, -0.1) is 12.4 Å². The standard InChI is InChI=1S/C15H22N2O.ClH/c1-3-12-7-4-5-9-14(12)15(18)17(2)13-8-6-10-16-11-13;/h4-5,7,9,13,16H,3,6,8,10-11H2,1-2H3;1H. The number of likely N-dealkylation sites (N-methyl/N-ethyl adjacent to an activating group) is 1. The van der Waals surface area contributed by atoms with Crippen molar-refractivity contribution >= 4 is 18.3 Å². The average Bonchev–Trinajstić information content (AvgIpc) is 2.46. The van der Waals surface area contributed by atoms with Crippen molar-refractivity contribution < 1.29 is 4.79 Å². The van der Waals surface area contributed by atoms with Crippen LogP contribution in [0.1, 0.15) is 35.7 Å². The lowest BCUT2D eigenvalue weighted by molar-refractivity contribution is 0.0707. The largest absolute Gasteiger partial charge is 0.337 e. The van der Waals surface area contributed by atoms with E-state index >= 15 is 0 Å². The van der Waals surface area contributed by atoms with Crippen LogP contribution in [0, 0.1) is 0 Å². The maximum absolute atomic E-state index is 12.5. The Kier molecular flexibility index (Phi) is 6.32. The molecule has 2 rings (SSSR count). The molecule has 19 heavy (non-hydrogen) atoms. The third-order valence-corrected chi connectivity index (χ3v) is 3.77. The molecule has 1 aliphatic heterocycles. The third-order valence-electron chi connectivity index (χ3n) is 3.77. The number of aryl methyl sites for hydroxylation is 1. The topological polar surface area (TPSA) is 32.3 Å². The zero-order valence-electron chi connectivity index (χ0n) is 11.7. The maximum Gasteiger partial charge on any atom is 0.254 e. The minimum atomic E-state index is 0. The average molecular weight is 283 g/mol. The highest BCUT2D eigenvalue weighted by Crippen LogP contribution is 2.16. The summed E-state index contributed by atoms with van der Waals surface area (Å²) in [5, 5.41) is 3.36. The Labute approximate surface area is 121 Å². The summed E-state index contributed by atoms with van der Waals surface area (Å²) in [5.41, 5.74) is 1.99. The number of piperidine rings is 1. The highest BCUT2D eigenvalue weighted by molar-refractivity contribution is 5.95. The molecule has 1 heterocycles. The Morgan fingerprint density at radius 3 is 2.79 bits per heavy atom. The lowest BCUT2D eigenvalue weighted by Crippen LogP contribution is -2.46. The van der Waals surface area contributed by atoms with Crippen molar-refractivity contribution in [2.75, 3.05) is 20.1 Å². The monoisotopic (exact) mass is 282 g/mol. The van der Waals surface area contributed by atoms with Gasteiger partial charge in [0, 0.05) is 25.2 Å². The van der Waals surface area contributed by atoms with Crippen molar-refractivity contribution in [1.29, 1.82) is 0 Å². The van der Waals surface area contributed by atoms with Crippen LogP contribution in [0.4, 0.5) is 0 Å². The molecule has 1 atom stereocenters. The summed E-state index contributed by atoms with van der Waals surface area (Å²) < 4.78 is 0. The van der Waals surface area contributed by atoms with E-state index < -0.39 is 0 Å². The van der Waals surface area contributed by atoms with Crippen LogP contribution in [0.3, 0.4) is 0 Å². The van der Waals surface area contributed by atoms with E-state index in [9.17, 15) is 4.79 Å². The lowest BCUT2D eigenvalue weighted by atomic mass is 10.0. The van der Waals surface area contributed by atoms with Gasteiger partial charge < -0.3 is 10.2 Å². The van der Waals surface area contributed by atoms with Gasteiger partial charge in [-0.05, 0) is 37.4 Å². The molecule has 1 aliphatic rings. The van der Waals surface area contributed by atoms with Gasteiger partial charge in [-0.25, -0.2) is 0 Å². The maximum atomic E-state index is 12.5. The highest BCUT2D eigenvalue weighted by Gasteiger charge is 2.23. The van der Waals surface area contributed by atoms with E-state index in [4.69, 9.17) is 0 Å². The van der Waals surface area contributed by atoms with Crippen LogP contribution in [-0.4, -0.2) is 37.0 Å². The van der Waals surface area contributed by atoms with Gasteiger partial charge in [0.1, 0.15) is 0 Å². The van der Waals surface area contributed by atoms with Crippen molar-refractivity contribution in [3.05, 3.63) is 35.4 Å². The predicted octanol–water partition coefficient (Wildman–Crippen LogP) is 2.49. The second-order valence-corrected chi connectivity index (χ2v) is 4.93. The van der Waals surface area contributed by atoms with Crippen LogP contribution in [-0.2, 0) is 6.42 Å². The Hall–Kier alpha value is -1.06. The number of carbonyl (C=O) groups excluding carboxylic acids is 1. The summed E-state index contributed by atoms with van der Waals surface area (Å²) in [6.07, 6.45) is 3.15. The highest BCUT2D eigenvalue weighted by atomic mass is 35.5. The molecule has 1 amide bonds. The summed E-state index contributed by atoms with van der Waals surface area (Å²) in [5.74, 6) is 0.154. The van der Waals surface area contributed by atoms with E-state index in [0.29, 0.717) is 6.04 Å². The molecule has 0 saturated carbocycles. The van der Waals surface area contributed by atoms with E-state index in [1.165, 1.54) is 0 Å². The molecule has 0 aromatic heterocycles. The van der Waals surface area contributed by atoms with Crippen molar-refractivity contribution in [1.82, 2.24) is 10.2 Å². The van der Waals surface area contributed by atoms with Gasteiger partial charge in [0.15, 0.2) is 0 Å². The van der Waals surface area contributed by atoms with Gasteiger partial charge in [-0.3, -0.25) is 4.79 Å². The van der Waals surface area contributed by atoms with Gasteiger partial charge >= 0.3 is 0 Å². The van der Waals surface area contributed by atoms with Gasteiger partial charge in [0.2, 0.25) is 0 Å². The first kappa shape index (κ1) is 16.0. The molecule has 0 bridgehead atoms. The van der Waals surface area contributed by atoms with E-state index in [1.807, 2.05) is 36.2 Å². The summed E-state index contributed by atoms with van der Waals surface area (Å²) in [6, 6.07) is 8.25. The van der Waals surface area contributed by atoms with Crippen LogP contribution in [0.15, 0.2) is 24.3 Å². The van der Waals surface area contributed by atoms with Crippen molar-refractivity contribution in [3.8, 4) is 0 Å². The number of rotatable bonds is 3. The van der Waals surface area contributed by atoms with Crippen LogP contribution in [0.2, 0.25) is 0 Å². The summed E-state index contributed by atoms with van der Waals surface area (Å²) >= 11 is 0. The Morgan fingerprint density at radius 1 is 1.42 bits per heavy atom. The normalized spacial score (nSPS) is 18.5. The number of nitrogens with zero attached hydrogens (tertiary/aromatic N) is 1.